The molecule has 0 bridgehead atoms. The topological polar surface area (TPSA) is 393 Å². The molecule has 4 aromatic carbocycles. The van der Waals surface area contributed by atoms with E-state index < -0.39 is 70.9 Å². The molecule has 0 spiro atoms. The quantitative estimate of drug-likeness (QED) is 0.0274. The summed E-state index contributed by atoms with van der Waals surface area (Å²) in [5.74, 6) is -6.73. The third kappa shape index (κ3) is 24.7. The lowest BCUT2D eigenvalue weighted by molar-refractivity contribution is 0.0914. The van der Waals surface area contributed by atoms with Crippen molar-refractivity contribution >= 4 is 70.9 Å². The van der Waals surface area contributed by atoms with Gasteiger partial charge in [-0.1, -0.05) is 14.9 Å². The van der Waals surface area contributed by atoms with Crippen LogP contribution < -0.4 is 63.8 Å². The van der Waals surface area contributed by atoms with Gasteiger partial charge in [-0.05, 0) is 98.5 Å². The van der Waals surface area contributed by atoms with E-state index in [0.29, 0.717) is 22.3 Å². The van der Waals surface area contributed by atoms with Crippen LogP contribution in [0.2, 0.25) is 0 Å². The summed E-state index contributed by atoms with van der Waals surface area (Å²) in [6.07, 6.45) is 0. The summed E-state index contributed by atoms with van der Waals surface area (Å²) in [7, 11) is 11.6. The van der Waals surface area contributed by atoms with E-state index in [1.165, 1.54) is 105 Å². The zero-order valence-electron chi connectivity index (χ0n) is 56.8. The lowest BCUT2D eigenvalue weighted by atomic mass is 9.97. The molecule has 30 heteroatoms. The van der Waals surface area contributed by atoms with Gasteiger partial charge in [0, 0.05) is 215 Å². The average molecular weight is 1370 g/mol. The minimum absolute atomic E-state index is 0. The number of hydrogen-bond acceptors (Lipinski definition) is 18. The van der Waals surface area contributed by atoms with E-state index in [9.17, 15) is 57.5 Å². The van der Waals surface area contributed by atoms with Crippen molar-refractivity contribution in [2.75, 3.05) is 175 Å². The minimum Gasteiger partial charge on any atom is -0.383 e. The molecule has 98 heavy (non-hydrogen) atoms. The highest BCUT2D eigenvalue weighted by atomic mass is 16.5. The number of carbonyl (C=O) groups excluding carboxylic acids is 12. The van der Waals surface area contributed by atoms with Crippen LogP contribution in [0.15, 0.2) is 48.5 Å². The molecule has 4 rings (SSSR count). The zero-order valence-corrected chi connectivity index (χ0v) is 56.8. The van der Waals surface area contributed by atoms with Crippen molar-refractivity contribution in [2.24, 2.45) is 0 Å². The van der Waals surface area contributed by atoms with E-state index in [-0.39, 0.29) is 200 Å². The molecule has 0 unspecified atom stereocenters. The zero-order chi connectivity index (χ0) is 71.0. The third-order valence-electron chi connectivity index (χ3n) is 15.5. The second-order valence-electron chi connectivity index (χ2n) is 21.8. The standard InChI is InChI=1S/C66H92N14O16.2CH4/c1-39-47(59(85)67-5)31-43(55(81)75-17-27-93-9)35-51(39)63(89)71-13-21-79(22-14-72-64(90)52-36-44(56(82)76-18-28-94-10)32-48(40(52)2)60(86)68-6)25-26-80(23-15-73-65(91)53-37-45(57(83)77-19-29-95-11)33-49(41(53)3)61(87)69-7)24-16-74-66(92)54-38-46(58(84)78-20-30-96-12)34-50(42(54)4)62(88)70-8;;/h31-38H,13-30H2,1-12H3,(H,67,85)(H,68,86)(H,69,87)(H,70,88)(H,71,89)(H,72,90)(H,73,91)(H,74,92)(H,75,81)(H,76,82)(H,77,83)(H,78,84);2*1H4. The first-order valence-corrected chi connectivity index (χ1v) is 31.1. The number of amides is 12. The van der Waals surface area contributed by atoms with Gasteiger partial charge in [0.15, 0.2) is 0 Å². The minimum atomic E-state index is -0.607. The number of benzene rings is 4. The van der Waals surface area contributed by atoms with Crippen molar-refractivity contribution in [2.45, 2.75) is 42.5 Å². The van der Waals surface area contributed by atoms with E-state index >= 15 is 0 Å². The predicted molar refractivity (Wildman–Crippen MR) is 371 cm³/mol. The molecule has 0 saturated heterocycles. The van der Waals surface area contributed by atoms with E-state index in [2.05, 4.69) is 63.8 Å². The molecule has 0 atom stereocenters. The van der Waals surface area contributed by atoms with Crippen LogP contribution in [0.1, 0.15) is 161 Å². The largest absolute Gasteiger partial charge is 0.383 e. The van der Waals surface area contributed by atoms with Crippen LogP contribution in [0.5, 0.6) is 0 Å². The van der Waals surface area contributed by atoms with Crippen LogP contribution in [0.3, 0.4) is 0 Å². The van der Waals surface area contributed by atoms with Crippen molar-refractivity contribution < 1.29 is 76.5 Å². The fourth-order valence-corrected chi connectivity index (χ4v) is 9.93. The number of methoxy groups -OCH3 is 4. The summed E-state index contributed by atoms with van der Waals surface area (Å²) in [6, 6.07) is 11.1. The molecular weight excluding hydrogens is 1270 g/mol. The van der Waals surface area contributed by atoms with Gasteiger partial charge in [-0.25, -0.2) is 0 Å². The molecule has 30 nitrogen and oxygen atoms in total. The number of nitrogens with zero attached hydrogens (tertiary/aromatic N) is 2. The Labute approximate surface area is 573 Å². The van der Waals surface area contributed by atoms with E-state index in [4.69, 9.17) is 18.9 Å². The first-order chi connectivity index (χ1) is 45.9. The molecule has 0 aliphatic carbocycles. The molecule has 0 aromatic heterocycles. The SMILES string of the molecule is C.C.CNC(=O)c1cc(C(=O)NCCOC)cc(C(=O)NCCN(CCNC(=O)c2cc(C(=O)NCCOC)cc(C(=O)NC)c2C)CCN(CCNC(=O)c2cc(C(=O)NCCOC)cc(C(=O)NC)c2C)CCNC(=O)c2cc(C(=O)NCCOC)cc(C(=O)NC)c2C)c1C. The summed E-state index contributed by atoms with van der Waals surface area (Å²) in [5.41, 5.74) is 2.02. The number of hydrogen-bond donors (Lipinski definition) is 12. The fraction of sp³-hybridized carbons (Fsp3) is 0.471. The van der Waals surface area contributed by atoms with E-state index in [1.807, 2.05) is 9.80 Å². The van der Waals surface area contributed by atoms with E-state index in [1.54, 1.807) is 27.7 Å². The van der Waals surface area contributed by atoms with E-state index in [0.717, 1.165) is 0 Å². The van der Waals surface area contributed by atoms with Crippen molar-refractivity contribution in [1.29, 1.82) is 0 Å². The first kappa shape index (κ1) is 84.4. The van der Waals surface area contributed by atoms with Gasteiger partial charge in [0.05, 0.1) is 26.4 Å². The Morgan fingerprint density at radius 1 is 0.265 bits per heavy atom. The Balaban J connectivity index is 0.0000163. The molecule has 538 valence electrons. The Morgan fingerprint density at radius 2 is 0.429 bits per heavy atom. The summed E-state index contributed by atoms with van der Waals surface area (Å²) in [6.45, 7) is 8.65. The summed E-state index contributed by atoms with van der Waals surface area (Å²) < 4.78 is 20.3. The first-order valence-electron chi connectivity index (χ1n) is 31.1. The monoisotopic (exact) mass is 1370 g/mol. The highest BCUT2D eigenvalue weighted by Gasteiger charge is 2.26. The maximum Gasteiger partial charge on any atom is 0.251 e. The maximum atomic E-state index is 14.2. The Kier molecular flexibility index (Phi) is 37.4. The molecule has 4 aromatic rings. The van der Waals surface area contributed by atoms with Gasteiger partial charge in [0.25, 0.3) is 70.9 Å². The molecule has 12 amide bonds. The van der Waals surface area contributed by atoms with Gasteiger partial charge < -0.3 is 82.7 Å². The van der Waals surface area contributed by atoms with Crippen LogP contribution in [0.4, 0.5) is 0 Å². The van der Waals surface area contributed by atoms with Gasteiger partial charge >= 0.3 is 0 Å². The Hall–Kier alpha value is -9.72. The van der Waals surface area contributed by atoms with Gasteiger partial charge in [-0.2, -0.15) is 0 Å². The third-order valence-corrected chi connectivity index (χ3v) is 15.5. The molecule has 0 heterocycles. The normalized spacial score (nSPS) is 10.6. The average Bonchev–Trinajstić information content (AvgIpc) is 0.829. The number of ether oxygens (including phenoxy) is 4. The maximum absolute atomic E-state index is 14.2. The number of nitrogens with one attached hydrogen (secondary N) is 12. The van der Waals surface area contributed by atoms with Gasteiger partial charge in [-0.15, -0.1) is 0 Å². The molecule has 0 radical (unpaired) electrons. The van der Waals surface area contributed by atoms with Gasteiger partial charge in [0.2, 0.25) is 0 Å². The van der Waals surface area contributed by atoms with Crippen LogP contribution >= 0.6 is 0 Å². The van der Waals surface area contributed by atoms with Gasteiger partial charge in [0.1, 0.15) is 0 Å². The molecule has 0 aliphatic heterocycles. The molecule has 0 fully saturated rings. The molecule has 0 saturated carbocycles. The second kappa shape index (κ2) is 43.5. The highest BCUT2D eigenvalue weighted by Crippen LogP contribution is 2.22. The lowest BCUT2D eigenvalue weighted by Gasteiger charge is -2.28. The van der Waals surface area contributed by atoms with Crippen molar-refractivity contribution in [3.8, 4) is 0 Å². The highest BCUT2D eigenvalue weighted by molar-refractivity contribution is 6.10. The summed E-state index contributed by atoms with van der Waals surface area (Å²) in [5, 5.41) is 32.6. The summed E-state index contributed by atoms with van der Waals surface area (Å²) >= 11 is 0. The van der Waals surface area contributed by atoms with Gasteiger partial charge in [-0.3, -0.25) is 67.3 Å². The van der Waals surface area contributed by atoms with Crippen molar-refractivity contribution in [3.05, 3.63) is 138 Å². The van der Waals surface area contributed by atoms with Crippen LogP contribution in [-0.2, 0) is 18.9 Å². The number of rotatable bonds is 39. The Bertz CT molecular complexity index is 3030. The predicted octanol–water partition coefficient (Wildman–Crippen LogP) is 0.759. The molecular formula is C68H100N14O16. The van der Waals surface area contributed by atoms with Crippen LogP contribution in [-0.4, -0.2) is 255 Å². The van der Waals surface area contributed by atoms with Crippen molar-refractivity contribution in [1.82, 2.24) is 73.6 Å². The van der Waals surface area contributed by atoms with Crippen molar-refractivity contribution in [3.63, 3.8) is 0 Å². The number of carbonyl (C=O) groups is 12. The lowest BCUT2D eigenvalue weighted by Crippen LogP contribution is -2.46. The molecule has 0 aliphatic rings. The summed E-state index contributed by atoms with van der Waals surface area (Å²) in [4.78, 5) is 166. The Morgan fingerprint density at radius 3 is 0.592 bits per heavy atom. The molecule has 12 N–H and O–H groups in total. The fourth-order valence-electron chi connectivity index (χ4n) is 9.93. The smallest absolute Gasteiger partial charge is 0.251 e. The second-order valence-corrected chi connectivity index (χ2v) is 21.8. The van der Waals surface area contributed by atoms with Crippen LogP contribution in [0.25, 0.3) is 0 Å². The van der Waals surface area contributed by atoms with Crippen LogP contribution in [0, 0.1) is 27.7 Å².